The summed E-state index contributed by atoms with van der Waals surface area (Å²) >= 11 is 0. The normalized spacial score (nSPS) is 11.9. The van der Waals surface area contributed by atoms with Gasteiger partial charge in [0.05, 0.1) is 12.6 Å². The highest BCUT2D eigenvalue weighted by Gasteiger charge is 2.21. The lowest BCUT2D eigenvalue weighted by atomic mass is 10.0. The lowest BCUT2D eigenvalue weighted by molar-refractivity contribution is -0.127. The Morgan fingerprint density at radius 2 is 1.16 bits per heavy atom. The molecule has 0 saturated carbocycles. The number of nitrogens with zero attached hydrogens (tertiary/aromatic N) is 2. The van der Waals surface area contributed by atoms with Crippen molar-refractivity contribution in [3.63, 3.8) is 0 Å². The number of carbonyl (C=O) groups excluding carboxylic acids is 3. The van der Waals surface area contributed by atoms with Crippen LogP contribution >= 0.6 is 0 Å². The van der Waals surface area contributed by atoms with Gasteiger partial charge in [-0.25, -0.2) is 9.69 Å². The molecule has 0 aliphatic carbocycles. The molecule has 0 fully saturated rings. The summed E-state index contributed by atoms with van der Waals surface area (Å²) in [6.45, 7) is 6.67. The number of ether oxygens (including phenoxy) is 2. The van der Waals surface area contributed by atoms with Crippen molar-refractivity contribution < 1.29 is 23.9 Å². The fraction of sp³-hybridized carbons (Fsp3) is 0.900. The Labute approximate surface area is 233 Å². The van der Waals surface area contributed by atoms with Crippen LogP contribution < -0.4 is 5.32 Å². The van der Waals surface area contributed by atoms with E-state index in [1.807, 2.05) is 19.0 Å². The molecule has 0 spiro atoms. The predicted molar refractivity (Wildman–Crippen MR) is 155 cm³/mol. The molecule has 0 aromatic rings. The Balaban J connectivity index is 3.82. The molecular weight excluding hydrogens is 482 g/mol. The minimum atomic E-state index is -0.701. The number of carbonyl (C=O) groups is 3. The van der Waals surface area contributed by atoms with Gasteiger partial charge >= 0.3 is 6.09 Å². The molecular formula is C30H59N3O5. The lowest BCUT2D eigenvalue weighted by Gasteiger charge is -2.23. The minimum Gasteiger partial charge on any atom is -0.447 e. The third-order valence-electron chi connectivity index (χ3n) is 6.65. The molecule has 8 heteroatoms. The topological polar surface area (TPSA) is 88.2 Å². The second-order valence-corrected chi connectivity index (χ2v) is 10.8. The first-order valence-corrected chi connectivity index (χ1v) is 15.2. The van der Waals surface area contributed by atoms with Gasteiger partial charge in [0.1, 0.15) is 6.61 Å². The molecule has 0 aliphatic heterocycles. The van der Waals surface area contributed by atoms with Gasteiger partial charge < -0.3 is 19.7 Å². The summed E-state index contributed by atoms with van der Waals surface area (Å²) in [7, 11) is 3.74. The molecule has 0 saturated heterocycles. The lowest BCUT2D eigenvalue weighted by Crippen LogP contribution is -2.44. The molecule has 0 aromatic carbocycles. The van der Waals surface area contributed by atoms with Gasteiger partial charge in [0, 0.05) is 33.5 Å². The van der Waals surface area contributed by atoms with Gasteiger partial charge in [0.15, 0.2) is 0 Å². The standard InChI is InChI=1S/C30H59N3O5/c1-6-7-8-9-10-11-12-13-14-15-16-17-18-19-20-21-24-37-25-29(31-27(2)34)26-38-30(36)33(28(3)35)23-22-32(4)5/h29H,6-26H2,1-5H3,(H,31,34). The van der Waals surface area contributed by atoms with Crippen LogP contribution in [0.2, 0.25) is 0 Å². The SMILES string of the molecule is CCCCCCCCCCCCCCCCCCOCC(COC(=O)N(CCN(C)C)C(C)=O)NC(C)=O. The van der Waals surface area contributed by atoms with E-state index in [0.717, 1.165) is 17.7 Å². The van der Waals surface area contributed by atoms with Crippen LogP contribution in [0.1, 0.15) is 124 Å². The average Bonchev–Trinajstić information content (AvgIpc) is 2.85. The monoisotopic (exact) mass is 541 g/mol. The zero-order valence-corrected chi connectivity index (χ0v) is 25.4. The quantitative estimate of drug-likeness (QED) is 0.136. The molecule has 1 N–H and O–H groups in total. The number of hydrogen-bond acceptors (Lipinski definition) is 6. The number of likely N-dealkylation sites (N-methyl/N-ethyl adjacent to an activating group) is 1. The molecule has 224 valence electrons. The zero-order chi connectivity index (χ0) is 28.4. The van der Waals surface area contributed by atoms with Crippen molar-refractivity contribution in [2.45, 2.75) is 130 Å². The van der Waals surface area contributed by atoms with Crippen molar-refractivity contribution in [2.75, 3.05) is 47.0 Å². The van der Waals surface area contributed by atoms with Crippen LogP contribution in [-0.2, 0) is 19.1 Å². The van der Waals surface area contributed by atoms with E-state index >= 15 is 0 Å². The molecule has 0 radical (unpaired) electrons. The van der Waals surface area contributed by atoms with Gasteiger partial charge in [-0.05, 0) is 20.5 Å². The van der Waals surface area contributed by atoms with Crippen LogP contribution in [0.5, 0.6) is 0 Å². The smallest absolute Gasteiger partial charge is 0.416 e. The van der Waals surface area contributed by atoms with Crippen LogP contribution in [0.25, 0.3) is 0 Å². The van der Waals surface area contributed by atoms with Crippen LogP contribution in [-0.4, -0.2) is 80.8 Å². The number of amides is 3. The van der Waals surface area contributed by atoms with Gasteiger partial charge in [-0.3, -0.25) is 9.59 Å². The highest BCUT2D eigenvalue weighted by Crippen LogP contribution is 2.13. The molecule has 0 heterocycles. The molecule has 0 bridgehead atoms. The highest BCUT2D eigenvalue weighted by molar-refractivity contribution is 5.90. The summed E-state index contributed by atoms with van der Waals surface area (Å²) in [5.74, 6) is -0.583. The summed E-state index contributed by atoms with van der Waals surface area (Å²) < 4.78 is 11.0. The first-order chi connectivity index (χ1) is 18.3. The van der Waals surface area contributed by atoms with E-state index in [1.54, 1.807) is 0 Å². The Morgan fingerprint density at radius 3 is 1.58 bits per heavy atom. The summed E-state index contributed by atoms with van der Waals surface area (Å²) in [5, 5.41) is 2.76. The summed E-state index contributed by atoms with van der Waals surface area (Å²) in [6, 6.07) is -0.444. The Kier molecular flexibility index (Phi) is 24.5. The van der Waals surface area contributed by atoms with E-state index in [-0.39, 0.29) is 31.6 Å². The molecule has 1 atom stereocenters. The first-order valence-electron chi connectivity index (χ1n) is 15.2. The highest BCUT2D eigenvalue weighted by atomic mass is 16.6. The van der Waals surface area contributed by atoms with E-state index in [0.29, 0.717) is 13.2 Å². The van der Waals surface area contributed by atoms with Gasteiger partial charge in [-0.2, -0.15) is 0 Å². The van der Waals surface area contributed by atoms with Crippen LogP contribution in [0.15, 0.2) is 0 Å². The maximum atomic E-state index is 12.3. The molecule has 0 aromatic heterocycles. The van der Waals surface area contributed by atoms with Crippen molar-refractivity contribution in [1.29, 1.82) is 0 Å². The Bertz CT molecular complexity index is 600. The van der Waals surface area contributed by atoms with Crippen molar-refractivity contribution in [2.24, 2.45) is 0 Å². The Morgan fingerprint density at radius 1 is 0.684 bits per heavy atom. The van der Waals surface area contributed by atoms with E-state index in [1.165, 1.54) is 104 Å². The first kappa shape index (κ1) is 36.3. The van der Waals surface area contributed by atoms with E-state index in [4.69, 9.17) is 9.47 Å². The molecule has 38 heavy (non-hydrogen) atoms. The van der Waals surface area contributed by atoms with E-state index in [9.17, 15) is 14.4 Å². The number of unbranched alkanes of at least 4 members (excludes halogenated alkanes) is 15. The molecule has 1 unspecified atom stereocenters. The van der Waals surface area contributed by atoms with Crippen LogP contribution in [0, 0.1) is 0 Å². The van der Waals surface area contributed by atoms with Crippen LogP contribution in [0.4, 0.5) is 4.79 Å². The molecule has 0 aliphatic rings. The second kappa shape index (κ2) is 25.6. The van der Waals surface area contributed by atoms with Gasteiger partial charge in [0.2, 0.25) is 11.8 Å². The number of hydrogen-bond donors (Lipinski definition) is 1. The third-order valence-corrected chi connectivity index (χ3v) is 6.65. The average molecular weight is 542 g/mol. The minimum absolute atomic E-state index is 0.0386. The van der Waals surface area contributed by atoms with Crippen molar-refractivity contribution in [1.82, 2.24) is 15.1 Å². The maximum absolute atomic E-state index is 12.3. The van der Waals surface area contributed by atoms with Crippen molar-refractivity contribution in [3.8, 4) is 0 Å². The summed E-state index contributed by atoms with van der Waals surface area (Å²) in [4.78, 5) is 38.6. The second-order valence-electron chi connectivity index (χ2n) is 10.8. The summed E-state index contributed by atoms with van der Waals surface area (Å²) in [6.07, 6.45) is 20.5. The van der Waals surface area contributed by atoms with E-state index in [2.05, 4.69) is 12.2 Å². The largest absolute Gasteiger partial charge is 0.447 e. The third kappa shape index (κ3) is 23.4. The Hall–Kier alpha value is -1.67. The van der Waals surface area contributed by atoms with Gasteiger partial charge in [-0.15, -0.1) is 0 Å². The number of rotatable bonds is 25. The maximum Gasteiger partial charge on any atom is 0.416 e. The van der Waals surface area contributed by atoms with Gasteiger partial charge in [-0.1, -0.05) is 103 Å². The molecule has 3 amide bonds. The predicted octanol–water partition coefficient (Wildman–Crippen LogP) is 6.32. The van der Waals surface area contributed by atoms with Crippen molar-refractivity contribution >= 4 is 17.9 Å². The molecule has 8 nitrogen and oxygen atoms in total. The van der Waals surface area contributed by atoms with Crippen LogP contribution in [0.3, 0.4) is 0 Å². The van der Waals surface area contributed by atoms with E-state index < -0.39 is 12.1 Å². The fourth-order valence-corrected chi connectivity index (χ4v) is 4.32. The summed E-state index contributed by atoms with van der Waals surface area (Å²) in [5.41, 5.74) is 0. The number of imide groups is 1. The van der Waals surface area contributed by atoms with Crippen molar-refractivity contribution in [3.05, 3.63) is 0 Å². The molecule has 0 rings (SSSR count). The number of nitrogens with one attached hydrogen (secondary N) is 1. The zero-order valence-electron chi connectivity index (χ0n) is 25.4. The van der Waals surface area contributed by atoms with Gasteiger partial charge in [0.25, 0.3) is 0 Å². The fourth-order valence-electron chi connectivity index (χ4n) is 4.32.